The van der Waals surface area contributed by atoms with Gasteiger partial charge in [0.25, 0.3) is 0 Å². The number of aromatic nitrogens is 2. The normalized spacial score (nSPS) is 13.3. The largest absolute Gasteiger partial charge is 0.478 e. The summed E-state index contributed by atoms with van der Waals surface area (Å²) in [5.74, 6) is 0.00198. The van der Waals surface area contributed by atoms with Crippen molar-refractivity contribution >= 4 is 28.7 Å². The first-order valence-electron chi connectivity index (χ1n) is 13.0. The number of rotatable bonds is 7. The van der Waals surface area contributed by atoms with Crippen molar-refractivity contribution in [3.8, 4) is 16.8 Å². The fourth-order valence-corrected chi connectivity index (χ4v) is 5.16. The van der Waals surface area contributed by atoms with Crippen LogP contribution in [-0.4, -0.2) is 44.6 Å². The number of aromatic carboxylic acids is 1. The zero-order valence-corrected chi connectivity index (χ0v) is 21.3. The second-order valence-electron chi connectivity index (χ2n) is 9.60. The lowest BCUT2D eigenvalue weighted by atomic mass is 9.95. The summed E-state index contributed by atoms with van der Waals surface area (Å²) in [4.78, 5) is 31.5. The molecule has 1 saturated heterocycles. The quantitative estimate of drug-likeness (QED) is 0.299. The average Bonchev–Trinajstić information content (AvgIpc) is 3.56. The second-order valence-corrected chi connectivity index (χ2v) is 9.60. The molecule has 0 atom stereocenters. The van der Waals surface area contributed by atoms with Crippen molar-refractivity contribution in [1.82, 2.24) is 14.5 Å². The number of imidazole rings is 1. The first-order valence-corrected chi connectivity index (χ1v) is 13.0. The number of unbranched alkanes of at least 4 members (excludes halogenated alkanes) is 1. The molecule has 190 valence electrons. The zero-order chi connectivity index (χ0) is 25.9. The number of urea groups is 1. The Kier molecular flexibility index (Phi) is 6.95. The van der Waals surface area contributed by atoms with Gasteiger partial charge in [0.1, 0.15) is 5.82 Å². The fraction of sp³-hybridized carbons (Fsp3) is 0.300. The first-order chi connectivity index (χ1) is 18.0. The van der Waals surface area contributed by atoms with Gasteiger partial charge in [-0.2, -0.15) is 0 Å². The molecule has 1 aromatic heterocycles. The first kappa shape index (κ1) is 24.6. The molecule has 5 rings (SSSR count). The van der Waals surface area contributed by atoms with Crippen LogP contribution in [0, 0.1) is 6.92 Å². The van der Waals surface area contributed by atoms with E-state index < -0.39 is 5.97 Å². The summed E-state index contributed by atoms with van der Waals surface area (Å²) in [7, 11) is 0. The van der Waals surface area contributed by atoms with Gasteiger partial charge in [-0.25, -0.2) is 14.6 Å². The molecular weight excluding hydrogens is 464 g/mol. The van der Waals surface area contributed by atoms with Gasteiger partial charge in [-0.15, -0.1) is 0 Å². The molecule has 4 aromatic rings. The Bertz CT molecular complexity index is 1470. The molecule has 0 aliphatic carbocycles. The minimum atomic E-state index is -0.949. The Morgan fingerprint density at radius 1 is 1.00 bits per heavy atom. The Morgan fingerprint density at radius 3 is 2.51 bits per heavy atom. The molecule has 0 spiro atoms. The molecule has 2 N–H and O–H groups in total. The van der Waals surface area contributed by atoms with E-state index in [1.165, 1.54) is 0 Å². The Labute approximate surface area is 216 Å². The number of fused-ring (bicyclic) bond motifs is 1. The van der Waals surface area contributed by atoms with Gasteiger partial charge in [0.05, 0.1) is 22.3 Å². The van der Waals surface area contributed by atoms with E-state index in [4.69, 9.17) is 4.98 Å². The summed E-state index contributed by atoms with van der Waals surface area (Å²) < 4.78 is 2.17. The molecule has 1 aliphatic heterocycles. The van der Waals surface area contributed by atoms with E-state index >= 15 is 0 Å². The highest BCUT2D eigenvalue weighted by molar-refractivity contribution is 5.97. The van der Waals surface area contributed by atoms with Crippen molar-refractivity contribution in [3.63, 3.8) is 0 Å². The maximum Gasteiger partial charge on any atom is 0.336 e. The van der Waals surface area contributed by atoms with E-state index in [0.29, 0.717) is 5.56 Å². The third-order valence-corrected chi connectivity index (χ3v) is 7.12. The number of carbonyl (C=O) groups excluding carboxylic acids is 1. The molecule has 0 unspecified atom stereocenters. The molecule has 0 saturated carbocycles. The summed E-state index contributed by atoms with van der Waals surface area (Å²) in [6, 6.07) is 18.9. The average molecular weight is 497 g/mol. The van der Waals surface area contributed by atoms with E-state index in [1.54, 1.807) is 12.1 Å². The molecule has 0 radical (unpaired) electrons. The van der Waals surface area contributed by atoms with E-state index in [2.05, 4.69) is 16.8 Å². The number of carboxylic acids is 1. The number of carbonyl (C=O) groups is 2. The molecule has 2 heterocycles. The number of hydrogen-bond donors (Lipinski definition) is 2. The number of carboxylic acid groups (broad SMARTS) is 1. The number of hydrogen-bond acceptors (Lipinski definition) is 3. The van der Waals surface area contributed by atoms with Crippen LogP contribution in [0.25, 0.3) is 27.8 Å². The van der Waals surface area contributed by atoms with Crippen LogP contribution in [0.3, 0.4) is 0 Å². The highest BCUT2D eigenvalue weighted by Crippen LogP contribution is 2.33. The number of likely N-dealkylation sites (tertiary alicyclic amines) is 1. The summed E-state index contributed by atoms with van der Waals surface area (Å²) in [5.41, 5.74) is 6.27. The number of nitrogens with zero attached hydrogens (tertiary/aromatic N) is 3. The molecule has 37 heavy (non-hydrogen) atoms. The van der Waals surface area contributed by atoms with Crippen molar-refractivity contribution < 1.29 is 14.7 Å². The maximum absolute atomic E-state index is 12.7. The topological polar surface area (TPSA) is 87.5 Å². The van der Waals surface area contributed by atoms with Crippen LogP contribution in [0.4, 0.5) is 10.5 Å². The smallest absolute Gasteiger partial charge is 0.336 e. The predicted octanol–water partition coefficient (Wildman–Crippen LogP) is 6.67. The van der Waals surface area contributed by atoms with Gasteiger partial charge in [0.2, 0.25) is 0 Å². The molecule has 2 amide bonds. The molecule has 1 aliphatic rings. The molecule has 1 fully saturated rings. The van der Waals surface area contributed by atoms with Crippen molar-refractivity contribution in [1.29, 1.82) is 0 Å². The molecule has 7 heteroatoms. The highest BCUT2D eigenvalue weighted by Gasteiger charge is 2.21. The van der Waals surface area contributed by atoms with Gasteiger partial charge in [-0.3, -0.25) is 4.57 Å². The van der Waals surface area contributed by atoms with E-state index in [0.717, 1.165) is 84.6 Å². The van der Waals surface area contributed by atoms with Crippen molar-refractivity contribution in [2.24, 2.45) is 0 Å². The Hall–Kier alpha value is -4.13. The molecule has 3 aromatic carbocycles. The Morgan fingerprint density at radius 2 is 1.76 bits per heavy atom. The Balaban J connectivity index is 1.63. The van der Waals surface area contributed by atoms with Crippen molar-refractivity contribution in [3.05, 3.63) is 77.6 Å². The third-order valence-electron chi connectivity index (χ3n) is 7.12. The fourth-order valence-electron chi connectivity index (χ4n) is 5.16. The number of anilines is 1. The van der Waals surface area contributed by atoms with E-state index in [1.807, 2.05) is 60.4 Å². The number of nitrogens with one attached hydrogen (secondary N) is 1. The van der Waals surface area contributed by atoms with Crippen LogP contribution in [0.1, 0.15) is 54.4 Å². The lowest BCUT2D eigenvalue weighted by Crippen LogP contribution is -2.32. The van der Waals surface area contributed by atoms with E-state index in [9.17, 15) is 14.7 Å². The number of aryl methyl sites for hydroxylation is 1. The lowest BCUT2D eigenvalue weighted by Gasteiger charge is -2.18. The third kappa shape index (κ3) is 4.81. The summed E-state index contributed by atoms with van der Waals surface area (Å²) >= 11 is 0. The summed E-state index contributed by atoms with van der Waals surface area (Å²) in [6.07, 6.45) is 4.95. The van der Waals surface area contributed by atoms with Gasteiger partial charge >= 0.3 is 12.0 Å². The minimum absolute atomic E-state index is 0.0717. The standard InChI is InChI=1S/C30H32N4O3/c1-3-4-14-28-32-25-16-15-21(31-30(37)33-17-7-8-18-33)19-27(25)34(28)26-13-9-12-22(20(26)2)23-10-5-6-11-24(23)29(35)36/h5-6,9-13,15-16,19H,3-4,7-8,14,17-18H2,1-2H3,(H,31,37)(H,35,36). The van der Waals surface area contributed by atoms with Crippen molar-refractivity contribution in [2.45, 2.75) is 46.0 Å². The van der Waals surface area contributed by atoms with Crippen molar-refractivity contribution in [2.75, 3.05) is 18.4 Å². The monoisotopic (exact) mass is 496 g/mol. The van der Waals surface area contributed by atoms with Crippen LogP contribution < -0.4 is 5.32 Å². The molecule has 0 bridgehead atoms. The number of amides is 2. The minimum Gasteiger partial charge on any atom is -0.478 e. The maximum atomic E-state index is 12.7. The van der Waals surface area contributed by atoms with Crippen LogP contribution in [-0.2, 0) is 6.42 Å². The van der Waals surface area contributed by atoms with Crippen LogP contribution in [0.15, 0.2) is 60.7 Å². The SMILES string of the molecule is CCCCc1nc2ccc(NC(=O)N3CCCC3)cc2n1-c1cccc(-c2ccccc2C(=O)O)c1C. The van der Waals surface area contributed by atoms with Gasteiger partial charge in [-0.05, 0) is 73.2 Å². The van der Waals surface area contributed by atoms with Crippen LogP contribution in [0.2, 0.25) is 0 Å². The van der Waals surface area contributed by atoms with Gasteiger partial charge < -0.3 is 15.3 Å². The van der Waals surface area contributed by atoms with Crippen LogP contribution >= 0.6 is 0 Å². The predicted molar refractivity (Wildman–Crippen MR) is 147 cm³/mol. The van der Waals surface area contributed by atoms with Gasteiger partial charge in [0.15, 0.2) is 0 Å². The second kappa shape index (κ2) is 10.5. The van der Waals surface area contributed by atoms with Gasteiger partial charge in [0, 0.05) is 25.2 Å². The van der Waals surface area contributed by atoms with Gasteiger partial charge in [-0.1, -0.05) is 43.7 Å². The molecule has 7 nitrogen and oxygen atoms in total. The summed E-state index contributed by atoms with van der Waals surface area (Å²) in [5, 5.41) is 12.8. The van der Waals surface area contributed by atoms with E-state index in [-0.39, 0.29) is 11.6 Å². The number of benzene rings is 3. The summed E-state index contributed by atoms with van der Waals surface area (Å²) in [6.45, 7) is 5.76. The van der Waals surface area contributed by atoms with Crippen LogP contribution in [0.5, 0.6) is 0 Å². The molecular formula is C30H32N4O3. The zero-order valence-electron chi connectivity index (χ0n) is 21.3. The lowest BCUT2D eigenvalue weighted by molar-refractivity contribution is 0.0697. The highest BCUT2D eigenvalue weighted by atomic mass is 16.4.